The first kappa shape index (κ1) is 17.7. The fourth-order valence-electron chi connectivity index (χ4n) is 2.76. The number of carbonyl (C=O) groups excluding carboxylic acids is 1. The minimum Gasteiger partial charge on any atom is -0.339 e. The second-order valence-electron chi connectivity index (χ2n) is 6.12. The van der Waals surface area contributed by atoms with Crippen LogP contribution in [-0.4, -0.2) is 29.0 Å². The van der Waals surface area contributed by atoms with E-state index in [1.54, 1.807) is 0 Å². The third kappa shape index (κ3) is 4.50. The molecule has 1 aliphatic heterocycles. The summed E-state index contributed by atoms with van der Waals surface area (Å²) in [5, 5.41) is 7.38. The standard InChI is InChI=1S/C19H20ClN3OS/c1-13-4-7-16(12-17(13)20)22-19(25)21-15-8-5-14(6-9-15)18(24)23-10-2-3-11-23/h4-9,12H,2-3,10-11H2,1H3,(H2,21,22,25). The van der Waals surface area contributed by atoms with Crippen molar-refractivity contribution in [3.05, 3.63) is 58.6 Å². The van der Waals surface area contributed by atoms with Crippen molar-refractivity contribution in [1.82, 2.24) is 4.90 Å². The van der Waals surface area contributed by atoms with Crippen LogP contribution in [0.2, 0.25) is 5.02 Å². The molecule has 2 N–H and O–H groups in total. The van der Waals surface area contributed by atoms with E-state index in [-0.39, 0.29) is 5.91 Å². The number of carbonyl (C=O) groups is 1. The summed E-state index contributed by atoms with van der Waals surface area (Å²) in [5.41, 5.74) is 3.38. The number of nitrogens with one attached hydrogen (secondary N) is 2. The van der Waals surface area contributed by atoms with Crippen molar-refractivity contribution < 1.29 is 4.79 Å². The first-order valence-electron chi connectivity index (χ1n) is 8.26. The van der Waals surface area contributed by atoms with Gasteiger partial charge >= 0.3 is 0 Å². The zero-order valence-corrected chi connectivity index (χ0v) is 15.6. The lowest BCUT2D eigenvalue weighted by molar-refractivity contribution is 0.0793. The van der Waals surface area contributed by atoms with E-state index in [4.69, 9.17) is 23.8 Å². The molecule has 0 saturated carbocycles. The molecule has 0 aliphatic carbocycles. The summed E-state index contributed by atoms with van der Waals surface area (Å²) in [4.78, 5) is 14.2. The smallest absolute Gasteiger partial charge is 0.253 e. The van der Waals surface area contributed by atoms with E-state index in [1.807, 2.05) is 54.3 Å². The van der Waals surface area contributed by atoms with Crippen LogP contribution in [0.5, 0.6) is 0 Å². The van der Waals surface area contributed by atoms with Crippen molar-refractivity contribution in [2.45, 2.75) is 19.8 Å². The van der Waals surface area contributed by atoms with E-state index in [1.165, 1.54) is 0 Å². The van der Waals surface area contributed by atoms with Crippen LogP contribution < -0.4 is 10.6 Å². The van der Waals surface area contributed by atoms with Crippen LogP contribution in [0, 0.1) is 6.92 Å². The second kappa shape index (κ2) is 7.85. The average molecular weight is 374 g/mol. The Hall–Kier alpha value is -2.11. The molecule has 4 nitrogen and oxygen atoms in total. The Balaban J connectivity index is 1.59. The van der Waals surface area contributed by atoms with Gasteiger partial charge in [0.15, 0.2) is 5.11 Å². The largest absolute Gasteiger partial charge is 0.339 e. The highest BCUT2D eigenvalue weighted by Crippen LogP contribution is 2.20. The van der Waals surface area contributed by atoms with Crippen LogP contribution in [0.1, 0.15) is 28.8 Å². The summed E-state index contributed by atoms with van der Waals surface area (Å²) in [7, 11) is 0. The highest BCUT2D eigenvalue weighted by atomic mass is 35.5. The van der Waals surface area contributed by atoms with E-state index in [9.17, 15) is 4.79 Å². The Bertz CT molecular complexity index is 786. The molecule has 1 heterocycles. The number of likely N-dealkylation sites (tertiary alicyclic amines) is 1. The number of nitrogens with zero attached hydrogens (tertiary/aromatic N) is 1. The van der Waals surface area contributed by atoms with Gasteiger partial charge in [0.05, 0.1) is 0 Å². The molecule has 3 rings (SSSR count). The van der Waals surface area contributed by atoms with E-state index in [0.29, 0.717) is 15.7 Å². The SMILES string of the molecule is Cc1ccc(NC(=S)Nc2ccc(C(=O)N3CCCC3)cc2)cc1Cl. The normalized spacial score (nSPS) is 13.6. The number of aryl methyl sites for hydroxylation is 1. The van der Waals surface area contributed by atoms with Gasteiger partial charge in [0, 0.05) is 35.1 Å². The molecule has 1 fully saturated rings. The highest BCUT2D eigenvalue weighted by molar-refractivity contribution is 7.80. The fraction of sp³-hybridized carbons (Fsp3) is 0.263. The number of benzene rings is 2. The quantitative estimate of drug-likeness (QED) is 0.766. The third-order valence-corrected chi connectivity index (χ3v) is 4.82. The molecule has 2 aromatic carbocycles. The molecule has 2 aromatic rings. The second-order valence-corrected chi connectivity index (χ2v) is 6.94. The Morgan fingerprint density at radius 1 is 1.04 bits per heavy atom. The molecule has 0 bridgehead atoms. The minimum atomic E-state index is 0.0963. The van der Waals surface area contributed by atoms with Gasteiger partial charge in [0.2, 0.25) is 0 Å². The predicted molar refractivity (Wildman–Crippen MR) is 108 cm³/mol. The molecule has 0 atom stereocenters. The number of hydrogen-bond donors (Lipinski definition) is 2. The zero-order valence-electron chi connectivity index (χ0n) is 14.0. The van der Waals surface area contributed by atoms with Crippen LogP contribution in [0.15, 0.2) is 42.5 Å². The fourth-order valence-corrected chi connectivity index (χ4v) is 3.18. The van der Waals surface area contributed by atoms with Crippen LogP contribution >= 0.6 is 23.8 Å². The van der Waals surface area contributed by atoms with Gasteiger partial charge in [0.1, 0.15) is 0 Å². The van der Waals surface area contributed by atoms with Crippen LogP contribution in [0.4, 0.5) is 11.4 Å². The number of anilines is 2. The van der Waals surface area contributed by atoms with E-state index in [0.717, 1.165) is 42.9 Å². The Kier molecular flexibility index (Phi) is 5.56. The average Bonchev–Trinajstić information content (AvgIpc) is 3.13. The van der Waals surface area contributed by atoms with E-state index < -0.39 is 0 Å². The van der Waals surface area contributed by atoms with Crippen molar-refractivity contribution in [3.63, 3.8) is 0 Å². The van der Waals surface area contributed by atoms with Crippen molar-refractivity contribution in [1.29, 1.82) is 0 Å². The molecule has 0 unspecified atom stereocenters. The third-order valence-electron chi connectivity index (χ3n) is 4.21. The monoisotopic (exact) mass is 373 g/mol. The molecule has 25 heavy (non-hydrogen) atoms. The number of amides is 1. The van der Waals surface area contributed by atoms with Gasteiger partial charge in [-0.05, 0) is 73.9 Å². The summed E-state index contributed by atoms with van der Waals surface area (Å²) < 4.78 is 0. The number of thiocarbonyl (C=S) groups is 1. The molecule has 0 radical (unpaired) electrons. The topological polar surface area (TPSA) is 44.4 Å². The lowest BCUT2D eigenvalue weighted by atomic mass is 10.2. The summed E-state index contributed by atoms with van der Waals surface area (Å²) in [5.74, 6) is 0.0963. The Morgan fingerprint density at radius 2 is 1.64 bits per heavy atom. The zero-order chi connectivity index (χ0) is 17.8. The molecule has 130 valence electrons. The molecule has 1 amide bonds. The number of hydrogen-bond acceptors (Lipinski definition) is 2. The predicted octanol–water partition coefficient (Wildman–Crippen LogP) is 4.69. The van der Waals surface area contributed by atoms with Gasteiger partial charge in [0.25, 0.3) is 5.91 Å². The maximum absolute atomic E-state index is 12.3. The first-order valence-corrected chi connectivity index (χ1v) is 9.05. The minimum absolute atomic E-state index is 0.0963. The molecular formula is C19H20ClN3OS. The van der Waals surface area contributed by atoms with Crippen molar-refractivity contribution in [2.24, 2.45) is 0 Å². The van der Waals surface area contributed by atoms with Gasteiger partial charge in [-0.25, -0.2) is 0 Å². The Morgan fingerprint density at radius 3 is 2.28 bits per heavy atom. The van der Waals surface area contributed by atoms with Crippen molar-refractivity contribution in [2.75, 3.05) is 23.7 Å². The van der Waals surface area contributed by atoms with Gasteiger partial charge in [-0.3, -0.25) is 4.79 Å². The maximum atomic E-state index is 12.3. The van der Waals surface area contributed by atoms with Gasteiger partial charge in [-0.15, -0.1) is 0 Å². The van der Waals surface area contributed by atoms with Gasteiger partial charge in [-0.2, -0.15) is 0 Å². The molecular weight excluding hydrogens is 354 g/mol. The lowest BCUT2D eigenvalue weighted by Crippen LogP contribution is -2.27. The molecule has 6 heteroatoms. The summed E-state index contributed by atoms with van der Waals surface area (Å²) in [6, 6.07) is 13.1. The molecule has 1 aliphatic rings. The summed E-state index contributed by atoms with van der Waals surface area (Å²) in [6.07, 6.45) is 2.18. The van der Waals surface area contributed by atoms with Crippen LogP contribution in [0.3, 0.4) is 0 Å². The maximum Gasteiger partial charge on any atom is 0.253 e. The highest BCUT2D eigenvalue weighted by Gasteiger charge is 2.19. The number of halogens is 1. The van der Waals surface area contributed by atoms with Gasteiger partial charge < -0.3 is 15.5 Å². The molecule has 1 saturated heterocycles. The van der Waals surface area contributed by atoms with E-state index >= 15 is 0 Å². The first-order chi connectivity index (χ1) is 12.0. The van der Waals surface area contributed by atoms with Crippen molar-refractivity contribution >= 4 is 46.2 Å². The Labute approximate surface area is 158 Å². The summed E-state index contributed by atoms with van der Waals surface area (Å²) in [6.45, 7) is 3.66. The molecule has 0 spiro atoms. The summed E-state index contributed by atoms with van der Waals surface area (Å²) >= 11 is 11.4. The molecule has 0 aromatic heterocycles. The lowest BCUT2D eigenvalue weighted by Gasteiger charge is -2.16. The van der Waals surface area contributed by atoms with Crippen LogP contribution in [0.25, 0.3) is 0 Å². The van der Waals surface area contributed by atoms with Crippen LogP contribution in [-0.2, 0) is 0 Å². The van der Waals surface area contributed by atoms with Gasteiger partial charge in [-0.1, -0.05) is 17.7 Å². The van der Waals surface area contributed by atoms with E-state index in [2.05, 4.69) is 10.6 Å². The number of rotatable bonds is 3. The van der Waals surface area contributed by atoms with Crippen molar-refractivity contribution in [3.8, 4) is 0 Å².